The van der Waals surface area contributed by atoms with E-state index in [4.69, 9.17) is 27.9 Å². The van der Waals surface area contributed by atoms with E-state index in [2.05, 4.69) is 10.3 Å². The molecule has 1 heterocycles. The molecule has 150 valence electrons. The van der Waals surface area contributed by atoms with Crippen LogP contribution < -0.4 is 5.32 Å². The molecule has 0 bridgehead atoms. The van der Waals surface area contributed by atoms with Gasteiger partial charge in [-0.05, 0) is 31.2 Å². The maximum absolute atomic E-state index is 12.1. The van der Waals surface area contributed by atoms with E-state index in [9.17, 15) is 18.0 Å². The van der Waals surface area contributed by atoms with Crippen LogP contribution in [0.25, 0.3) is 0 Å². The molecule has 0 aliphatic carbocycles. The minimum absolute atomic E-state index is 0.00535. The summed E-state index contributed by atoms with van der Waals surface area (Å²) in [6.07, 6.45) is 0. The molecule has 0 saturated carbocycles. The van der Waals surface area contributed by atoms with Crippen LogP contribution in [0.4, 0.5) is 5.82 Å². The molecule has 1 aromatic heterocycles. The molecule has 1 amide bonds. The van der Waals surface area contributed by atoms with Crippen molar-refractivity contribution in [3.63, 3.8) is 0 Å². The number of carbonyl (C=O) groups excluding carboxylic acids is 2. The fourth-order valence-corrected chi connectivity index (χ4v) is 3.38. The highest BCUT2D eigenvalue weighted by Crippen LogP contribution is 2.25. The molecule has 28 heavy (non-hydrogen) atoms. The number of aryl methyl sites for hydroxylation is 1. The number of ether oxygens (including phenoxy) is 1. The first-order valence-corrected chi connectivity index (χ1v) is 10.0. The number of pyridine rings is 1. The predicted molar refractivity (Wildman–Crippen MR) is 105 cm³/mol. The van der Waals surface area contributed by atoms with E-state index in [1.807, 2.05) is 0 Å². The summed E-state index contributed by atoms with van der Waals surface area (Å²) in [5.74, 6) is -1.43. The van der Waals surface area contributed by atoms with Crippen molar-refractivity contribution >= 4 is 50.9 Å². The number of amides is 1. The Balaban J connectivity index is 2.05. The first kappa shape index (κ1) is 22.1. The monoisotopic (exact) mass is 445 g/mol. The van der Waals surface area contributed by atoms with Gasteiger partial charge < -0.3 is 10.1 Å². The zero-order valence-electron chi connectivity index (χ0n) is 15.2. The van der Waals surface area contributed by atoms with Gasteiger partial charge in [-0.1, -0.05) is 29.3 Å². The normalized spacial score (nSPS) is 11.4. The molecule has 1 aromatic carbocycles. The Morgan fingerprint density at radius 3 is 2.50 bits per heavy atom. The molecule has 2 rings (SSSR count). The number of benzene rings is 1. The van der Waals surface area contributed by atoms with Gasteiger partial charge in [0.05, 0.1) is 26.2 Å². The van der Waals surface area contributed by atoms with Crippen LogP contribution in [0.15, 0.2) is 35.2 Å². The van der Waals surface area contributed by atoms with Crippen molar-refractivity contribution in [1.29, 1.82) is 0 Å². The van der Waals surface area contributed by atoms with Gasteiger partial charge in [-0.3, -0.25) is 4.79 Å². The van der Waals surface area contributed by atoms with Crippen LogP contribution >= 0.6 is 23.2 Å². The van der Waals surface area contributed by atoms with Gasteiger partial charge in [0.25, 0.3) is 5.91 Å². The molecule has 0 radical (unpaired) electrons. The van der Waals surface area contributed by atoms with E-state index in [0.29, 0.717) is 10.7 Å². The zero-order chi connectivity index (χ0) is 21.1. The Bertz CT molecular complexity index is 1030. The summed E-state index contributed by atoms with van der Waals surface area (Å²) in [5.41, 5.74) is 0.464. The van der Waals surface area contributed by atoms with E-state index in [0.717, 1.165) is 4.31 Å². The number of hydrogen-bond acceptors (Lipinski definition) is 6. The van der Waals surface area contributed by atoms with Crippen molar-refractivity contribution in [3.8, 4) is 0 Å². The average Bonchev–Trinajstić information content (AvgIpc) is 2.64. The van der Waals surface area contributed by atoms with Gasteiger partial charge in [0.15, 0.2) is 12.4 Å². The summed E-state index contributed by atoms with van der Waals surface area (Å²) >= 11 is 11.8. The highest BCUT2D eigenvalue weighted by Gasteiger charge is 2.20. The van der Waals surface area contributed by atoms with E-state index in [-0.39, 0.29) is 21.3 Å². The lowest BCUT2D eigenvalue weighted by molar-refractivity contribution is -0.119. The second-order valence-corrected chi connectivity index (χ2v) is 8.79. The summed E-state index contributed by atoms with van der Waals surface area (Å²) in [5, 5.41) is 2.90. The number of aromatic nitrogens is 1. The predicted octanol–water partition coefficient (Wildman–Crippen LogP) is 2.74. The summed E-state index contributed by atoms with van der Waals surface area (Å²) in [4.78, 5) is 28.1. The lowest BCUT2D eigenvalue weighted by Gasteiger charge is -2.12. The quantitative estimate of drug-likeness (QED) is 0.685. The Morgan fingerprint density at radius 2 is 1.86 bits per heavy atom. The van der Waals surface area contributed by atoms with Crippen LogP contribution in [0.3, 0.4) is 0 Å². The van der Waals surface area contributed by atoms with E-state index < -0.39 is 28.5 Å². The molecule has 8 nitrogen and oxygen atoms in total. The number of hydrogen-bond donors (Lipinski definition) is 1. The van der Waals surface area contributed by atoms with Gasteiger partial charge >= 0.3 is 5.97 Å². The van der Waals surface area contributed by atoms with Gasteiger partial charge in [0, 0.05) is 14.1 Å². The minimum atomic E-state index is -3.70. The second kappa shape index (κ2) is 8.87. The summed E-state index contributed by atoms with van der Waals surface area (Å²) < 4.78 is 30.2. The van der Waals surface area contributed by atoms with Gasteiger partial charge in [-0.2, -0.15) is 0 Å². The molecule has 0 saturated heterocycles. The van der Waals surface area contributed by atoms with E-state index in [1.165, 1.54) is 44.4 Å². The Hall–Kier alpha value is -2.20. The maximum Gasteiger partial charge on any atom is 0.338 e. The molecular weight excluding hydrogens is 429 g/mol. The molecule has 1 N–H and O–H groups in total. The second-order valence-electron chi connectivity index (χ2n) is 5.83. The van der Waals surface area contributed by atoms with Crippen molar-refractivity contribution in [1.82, 2.24) is 9.29 Å². The number of esters is 1. The van der Waals surface area contributed by atoms with Crippen molar-refractivity contribution in [3.05, 3.63) is 51.6 Å². The van der Waals surface area contributed by atoms with Gasteiger partial charge in [-0.25, -0.2) is 22.5 Å². The first-order valence-electron chi connectivity index (χ1n) is 7.84. The highest BCUT2D eigenvalue weighted by atomic mass is 35.5. The number of sulfonamides is 1. The molecule has 0 unspecified atom stereocenters. The molecule has 0 aliphatic heterocycles. The number of nitrogens with zero attached hydrogens (tertiary/aromatic N) is 2. The minimum Gasteiger partial charge on any atom is -0.452 e. The van der Waals surface area contributed by atoms with Crippen LogP contribution in [0.5, 0.6) is 0 Å². The van der Waals surface area contributed by atoms with Crippen molar-refractivity contribution < 1.29 is 22.7 Å². The van der Waals surface area contributed by atoms with Gasteiger partial charge in [0.1, 0.15) is 0 Å². The third-order valence-corrected chi connectivity index (χ3v) is 6.03. The molecule has 0 atom stereocenters. The van der Waals surface area contributed by atoms with Crippen LogP contribution in [0, 0.1) is 6.92 Å². The standard InChI is InChI=1S/C17H17Cl2N3O5S/c1-10-13(18)8-14(19)16(20-10)21-15(23)9-27-17(24)11-5-4-6-12(7-11)28(25,26)22(2)3/h4-8H,9H2,1-3H3,(H,20,21,23). The van der Waals surface area contributed by atoms with Crippen molar-refractivity contribution in [2.45, 2.75) is 11.8 Å². The number of anilines is 1. The molecule has 0 spiro atoms. The van der Waals surface area contributed by atoms with Crippen LogP contribution in [-0.2, 0) is 19.6 Å². The fourth-order valence-electron chi connectivity index (χ4n) is 2.02. The third kappa shape index (κ3) is 5.20. The average molecular weight is 446 g/mol. The SMILES string of the molecule is Cc1nc(NC(=O)COC(=O)c2cccc(S(=O)(=O)N(C)C)c2)c(Cl)cc1Cl. The Labute approximate surface area is 172 Å². The third-order valence-electron chi connectivity index (χ3n) is 3.55. The molecule has 0 aliphatic rings. The van der Waals surface area contributed by atoms with Crippen LogP contribution in [0.2, 0.25) is 10.0 Å². The number of rotatable bonds is 6. The van der Waals surface area contributed by atoms with Crippen LogP contribution in [-0.4, -0.2) is 50.3 Å². The lowest BCUT2D eigenvalue weighted by atomic mass is 10.2. The topological polar surface area (TPSA) is 106 Å². The van der Waals surface area contributed by atoms with Crippen molar-refractivity contribution in [2.24, 2.45) is 0 Å². The largest absolute Gasteiger partial charge is 0.452 e. The van der Waals surface area contributed by atoms with Gasteiger partial charge in [-0.15, -0.1) is 0 Å². The first-order chi connectivity index (χ1) is 13.0. The summed E-state index contributed by atoms with van der Waals surface area (Å²) in [6, 6.07) is 6.76. The molecule has 2 aromatic rings. The summed E-state index contributed by atoms with van der Waals surface area (Å²) in [7, 11) is -0.950. The van der Waals surface area contributed by atoms with E-state index in [1.54, 1.807) is 6.92 Å². The Kier molecular flexibility index (Phi) is 7.00. The molecule has 0 fully saturated rings. The molecular formula is C17H17Cl2N3O5S. The number of nitrogens with one attached hydrogen (secondary N) is 1. The molecule has 11 heteroatoms. The maximum atomic E-state index is 12.1. The zero-order valence-corrected chi connectivity index (χ0v) is 17.5. The number of carbonyl (C=O) groups is 2. The van der Waals surface area contributed by atoms with Crippen molar-refractivity contribution in [2.75, 3.05) is 26.0 Å². The van der Waals surface area contributed by atoms with Crippen LogP contribution in [0.1, 0.15) is 16.1 Å². The van der Waals surface area contributed by atoms with E-state index >= 15 is 0 Å². The lowest BCUT2D eigenvalue weighted by Crippen LogP contribution is -2.23. The summed E-state index contributed by atoms with van der Waals surface area (Å²) in [6.45, 7) is 1.03. The Morgan fingerprint density at radius 1 is 1.18 bits per heavy atom. The fraction of sp³-hybridized carbons (Fsp3) is 0.235. The smallest absolute Gasteiger partial charge is 0.338 e. The number of halogens is 2. The van der Waals surface area contributed by atoms with Gasteiger partial charge in [0.2, 0.25) is 10.0 Å². The highest BCUT2D eigenvalue weighted by molar-refractivity contribution is 7.89.